The second-order valence-electron chi connectivity index (χ2n) is 3.60. The molecule has 0 saturated heterocycles. The van der Waals surface area contributed by atoms with Gasteiger partial charge >= 0.3 is 0 Å². The van der Waals surface area contributed by atoms with E-state index in [9.17, 15) is 0 Å². The number of hydrogen-bond donors (Lipinski definition) is 1. The Morgan fingerprint density at radius 3 is 2.50 bits per heavy atom. The average molecular weight is 244 g/mol. The van der Waals surface area contributed by atoms with Crippen molar-refractivity contribution in [2.75, 3.05) is 20.1 Å². The number of halogens is 1. The van der Waals surface area contributed by atoms with Gasteiger partial charge in [-0.25, -0.2) is 0 Å². The second kappa shape index (κ2) is 5.97. The Labute approximate surface area is 101 Å². The highest BCUT2D eigenvalue weighted by atomic mass is 35.5. The highest BCUT2D eigenvalue weighted by Gasteiger charge is 2.16. The van der Waals surface area contributed by atoms with Crippen LogP contribution < -0.4 is 15.2 Å². The van der Waals surface area contributed by atoms with Crippen LogP contribution in [0.25, 0.3) is 0 Å². The maximum Gasteiger partial charge on any atom is 0.130 e. The molecule has 0 bridgehead atoms. The first-order chi connectivity index (χ1) is 7.65. The normalized spacial score (nSPS) is 12.3. The number of alkyl halides is 1. The van der Waals surface area contributed by atoms with Crippen LogP contribution in [0.3, 0.4) is 0 Å². The Bertz CT molecular complexity index is 355. The molecule has 0 saturated carbocycles. The zero-order valence-electron chi connectivity index (χ0n) is 9.92. The lowest BCUT2D eigenvalue weighted by Crippen LogP contribution is -2.13. The van der Waals surface area contributed by atoms with Crippen molar-refractivity contribution in [3.8, 4) is 11.5 Å². The van der Waals surface area contributed by atoms with E-state index in [0.29, 0.717) is 5.88 Å². The van der Waals surface area contributed by atoms with E-state index < -0.39 is 0 Å². The van der Waals surface area contributed by atoms with Crippen molar-refractivity contribution < 1.29 is 9.47 Å². The summed E-state index contributed by atoms with van der Waals surface area (Å²) in [5.74, 6) is 2.13. The van der Waals surface area contributed by atoms with Gasteiger partial charge in [0.1, 0.15) is 11.5 Å². The van der Waals surface area contributed by atoms with Gasteiger partial charge in [-0.05, 0) is 19.4 Å². The summed E-state index contributed by atoms with van der Waals surface area (Å²) in [6, 6.07) is 3.74. The quantitative estimate of drug-likeness (QED) is 0.809. The monoisotopic (exact) mass is 243 g/mol. The molecule has 2 N–H and O–H groups in total. The molecule has 0 aliphatic rings. The number of methoxy groups -OCH3 is 2. The van der Waals surface area contributed by atoms with Crippen molar-refractivity contribution in [3.63, 3.8) is 0 Å². The minimum Gasteiger partial charge on any atom is -0.496 e. The molecule has 1 aromatic rings. The van der Waals surface area contributed by atoms with Crippen LogP contribution in [0.4, 0.5) is 0 Å². The van der Waals surface area contributed by atoms with E-state index in [0.717, 1.165) is 29.0 Å². The molecule has 1 aromatic carbocycles. The highest BCUT2D eigenvalue weighted by Crippen LogP contribution is 2.34. The molecule has 3 nitrogen and oxygen atoms in total. The molecule has 4 heteroatoms. The minimum atomic E-state index is -0.0999. The van der Waals surface area contributed by atoms with Crippen LogP contribution in [0.2, 0.25) is 0 Å². The van der Waals surface area contributed by atoms with E-state index in [1.54, 1.807) is 14.2 Å². The maximum atomic E-state index is 6.04. The lowest BCUT2D eigenvalue weighted by Gasteiger charge is -2.18. The first-order valence-corrected chi connectivity index (χ1v) is 5.72. The molecule has 0 radical (unpaired) electrons. The van der Waals surface area contributed by atoms with Crippen LogP contribution in [0.5, 0.6) is 11.5 Å². The summed E-state index contributed by atoms with van der Waals surface area (Å²) >= 11 is 5.69. The van der Waals surface area contributed by atoms with Crippen LogP contribution in [-0.2, 0) is 0 Å². The number of ether oxygens (including phenoxy) is 2. The zero-order valence-corrected chi connectivity index (χ0v) is 10.7. The van der Waals surface area contributed by atoms with E-state index in [2.05, 4.69) is 0 Å². The van der Waals surface area contributed by atoms with Crippen LogP contribution in [0.15, 0.2) is 12.1 Å². The van der Waals surface area contributed by atoms with Crippen molar-refractivity contribution in [1.29, 1.82) is 0 Å². The smallest absolute Gasteiger partial charge is 0.130 e. The van der Waals surface area contributed by atoms with Crippen molar-refractivity contribution in [2.45, 2.75) is 19.4 Å². The zero-order chi connectivity index (χ0) is 12.1. The third kappa shape index (κ3) is 2.60. The summed E-state index contributed by atoms with van der Waals surface area (Å²) in [6.45, 7) is 1.95. The molecule has 0 aromatic heterocycles. The van der Waals surface area contributed by atoms with Gasteiger partial charge < -0.3 is 15.2 Å². The lowest BCUT2D eigenvalue weighted by atomic mass is 10.0. The number of hydrogen-bond acceptors (Lipinski definition) is 3. The van der Waals surface area contributed by atoms with Gasteiger partial charge in [-0.3, -0.25) is 0 Å². The van der Waals surface area contributed by atoms with E-state index in [-0.39, 0.29) is 6.04 Å². The van der Waals surface area contributed by atoms with Gasteiger partial charge in [-0.1, -0.05) is 6.07 Å². The number of nitrogens with two attached hydrogens (primary N) is 1. The molecular formula is C12H18ClNO2. The van der Waals surface area contributed by atoms with Gasteiger partial charge in [-0.2, -0.15) is 0 Å². The lowest BCUT2D eigenvalue weighted by molar-refractivity contribution is 0.382. The van der Waals surface area contributed by atoms with Gasteiger partial charge in [0.15, 0.2) is 0 Å². The molecule has 90 valence electrons. The highest BCUT2D eigenvalue weighted by molar-refractivity contribution is 6.17. The Morgan fingerprint density at radius 2 is 2.00 bits per heavy atom. The predicted octanol–water partition coefficient (Wildman–Crippen LogP) is 2.64. The van der Waals surface area contributed by atoms with E-state index in [1.165, 1.54) is 0 Å². The van der Waals surface area contributed by atoms with Crippen LogP contribution in [0, 0.1) is 6.92 Å². The van der Waals surface area contributed by atoms with Gasteiger partial charge in [-0.15, -0.1) is 11.6 Å². The van der Waals surface area contributed by atoms with Gasteiger partial charge in [0.05, 0.1) is 14.2 Å². The molecule has 1 atom stereocenters. The third-order valence-electron chi connectivity index (χ3n) is 2.63. The topological polar surface area (TPSA) is 44.5 Å². The van der Waals surface area contributed by atoms with E-state index >= 15 is 0 Å². The van der Waals surface area contributed by atoms with Gasteiger partial charge in [0.2, 0.25) is 0 Å². The molecule has 1 unspecified atom stereocenters. The Hall–Kier alpha value is -0.930. The van der Waals surface area contributed by atoms with Crippen molar-refractivity contribution >= 4 is 11.6 Å². The molecule has 1 rings (SSSR count). The van der Waals surface area contributed by atoms with Crippen molar-refractivity contribution in [3.05, 3.63) is 23.3 Å². The molecule has 16 heavy (non-hydrogen) atoms. The van der Waals surface area contributed by atoms with Crippen molar-refractivity contribution in [1.82, 2.24) is 0 Å². The summed E-state index contributed by atoms with van der Waals surface area (Å²) in [6.07, 6.45) is 0.726. The number of rotatable bonds is 5. The minimum absolute atomic E-state index is 0.0999. The predicted molar refractivity (Wildman–Crippen MR) is 66.5 cm³/mol. The summed E-state index contributed by atoms with van der Waals surface area (Å²) in [5, 5.41) is 0. The SMILES string of the molecule is COc1ccc(C(N)CCCl)c(OC)c1C. The summed E-state index contributed by atoms with van der Waals surface area (Å²) in [7, 11) is 3.28. The van der Waals surface area contributed by atoms with Gasteiger partial charge in [0, 0.05) is 23.0 Å². The molecule has 0 fully saturated rings. The fourth-order valence-electron chi connectivity index (χ4n) is 1.75. The summed E-state index contributed by atoms with van der Waals surface area (Å²) < 4.78 is 10.6. The van der Waals surface area contributed by atoms with E-state index in [4.69, 9.17) is 26.8 Å². The first kappa shape index (κ1) is 13.1. The number of benzene rings is 1. The summed E-state index contributed by atoms with van der Waals surface area (Å²) in [4.78, 5) is 0. The van der Waals surface area contributed by atoms with Crippen LogP contribution in [-0.4, -0.2) is 20.1 Å². The second-order valence-corrected chi connectivity index (χ2v) is 3.98. The maximum absolute atomic E-state index is 6.04. The first-order valence-electron chi connectivity index (χ1n) is 5.18. The molecule has 0 aliphatic heterocycles. The summed E-state index contributed by atoms with van der Waals surface area (Å²) in [5.41, 5.74) is 7.98. The van der Waals surface area contributed by atoms with Crippen molar-refractivity contribution in [2.24, 2.45) is 5.73 Å². The molecule has 0 aliphatic carbocycles. The average Bonchev–Trinajstić information content (AvgIpc) is 2.28. The Balaban J connectivity index is 3.14. The van der Waals surface area contributed by atoms with Crippen LogP contribution in [0.1, 0.15) is 23.6 Å². The standard InChI is InChI=1S/C12H18ClNO2/c1-8-11(15-2)5-4-9(12(8)16-3)10(14)6-7-13/h4-5,10H,6-7,14H2,1-3H3. The largest absolute Gasteiger partial charge is 0.496 e. The Kier molecular flexibility index (Phi) is 4.90. The molecule has 0 heterocycles. The van der Waals surface area contributed by atoms with E-state index in [1.807, 2.05) is 19.1 Å². The molecular weight excluding hydrogens is 226 g/mol. The van der Waals surface area contributed by atoms with Crippen LogP contribution >= 0.6 is 11.6 Å². The third-order valence-corrected chi connectivity index (χ3v) is 2.85. The van der Waals surface area contributed by atoms with Gasteiger partial charge in [0.25, 0.3) is 0 Å². The molecule has 0 spiro atoms. The fraction of sp³-hybridized carbons (Fsp3) is 0.500. The fourth-order valence-corrected chi connectivity index (χ4v) is 1.99. The Morgan fingerprint density at radius 1 is 1.31 bits per heavy atom. The molecule has 0 amide bonds.